The largest absolute Gasteiger partial charge is 0.379 e. The van der Waals surface area contributed by atoms with Crippen molar-refractivity contribution in [2.45, 2.75) is 213 Å². The zero-order valence-electron chi connectivity index (χ0n) is 31.8. The highest BCUT2D eigenvalue weighted by Crippen LogP contribution is 2.15. The van der Waals surface area contributed by atoms with Crippen LogP contribution in [0.2, 0.25) is 0 Å². The minimum Gasteiger partial charge on any atom is -0.379 e. The van der Waals surface area contributed by atoms with Crippen molar-refractivity contribution in [3.8, 4) is 0 Å². The highest BCUT2D eigenvalue weighted by molar-refractivity contribution is 5.23. The molecule has 1 unspecified atom stereocenters. The Kier molecular flexibility index (Phi) is 34.1. The van der Waals surface area contributed by atoms with E-state index >= 15 is 0 Å². The molecule has 1 atom stereocenters. The van der Waals surface area contributed by atoms with Gasteiger partial charge >= 0.3 is 0 Å². The van der Waals surface area contributed by atoms with E-state index in [1.165, 1.54) is 184 Å². The van der Waals surface area contributed by atoms with E-state index in [0.29, 0.717) is 13.2 Å². The van der Waals surface area contributed by atoms with E-state index < -0.39 is 0 Å². The van der Waals surface area contributed by atoms with Gasteiger partial charge in [-0.15, -0.1) is 0 Å². The van der Waals surface area contributed by atoms with Gasteiger partial charge in [0.2, 0.25) is 0 Å². The summed E-state index contributed by atoms with van der Waals surface area (Å²) in [4.78, 5) is 0. The zero-order valence-corrected chi connectivity index (χ0v) is 31.8. The Morgan fingerprint density at radius 2 is 0.936 bits per heavy atom. The van der Waals surface area contributed by atoms with E-state index in [9.17, 15) is 0 Å². The lowest BCUT2D eigenvalue weighted by Crippen LogP contribution is -2.33. The van der Waals surface area contributed by atoms with Crippen molar-refractivity contribution in [3.05, 3.63) is 35.4 Å². The van der Waals surface area contributed by atoms with Crippen LogP contribution in [-0.2, 0) is 22.6 Å². The predicted octanol–water partition coefficient (Wildman–Crippen LogP) is 12.6. The SMILES string of the molecule is CCCCCCCCCCCCCCCCOCC(CNCc1cccc(CN)c1)OCCCCCCCCCCCCCCCC. The van der Waals surface area contributed by atoms with Crippen molar-refractivity contribution >= 4 is 0 Å². The molecule has 0 spiro atoms. The van der Waals surface area contributed by atoms with E-state index in [1.54, 1.807) is 0 Å². The minimum atomic E-state index is 0.112. The van der Waals surface area contributed by atoms with E-state index in [-0.39, 0.29) is 6.10 Å². The molecule has 0 aromatic heterocycles. The summed E-state index contributed by atoms with van der Waals surface area (Å²) in [7, 11) is 0. The third-order valence-corrected chi connectivity index (χ3v) is 9.73. The van der Waals surface area contributed by atoms with Crippen LogP contribution in [0.25, 0.3) is 0 Å². The van der Waals surface area contributed by atoms with Gasteiger partial charge < -0.3 is 20.5 Å². The average Bonchev–Trinajstić information content (AvgIpc) is 3.09. The van der Waals surface area contributed by atoms with Crippen molar-refractivity contribution in [2.75, 3.05) is 26.4 Å². The third kappa shape index (κ3) is 30.8. The maximum Gasteiger partial charge on any atom is 0.0932 e. The van der Waals surface area contributed by atoms with E-state index in [2.05, 4.69) is 43.4 Å². The molecule has 0 aliphatic rings. The molecular weight excluding hydrogens is 576 g/mol. The fourth-order valence-electron chi connectivity index (χ4n) is 6.57. The molecule has 0 fully saturated rings. The van der Waals surface area contributed by atoms with Crippen LogP contribution in [0.15, 0.2) is 24.3 Å². The summed E-state index contributed by atoms with van der Waals surface area (Å²) in [5.74, 6) is 0. The Balaban J connectivity index is 2.10. The highest BCUT2D eigenvalue weighted by Gasteiger charge is 2.10. The summed E-state index contributed by atoms with van der Waals surface area (Å²) in [6.45, 7) is 9.23. The van der Waals surface area contributed by atoms with Crippen LogP contribution in [0.1, 0.15) is 205 Å². The van der Waals surface area contributed by atoms with Crippen molar-refractivity contribution in [2.24, 2.45) is 5.73 Å². The van der Waals surface area contributed by atoms with Crippen molar-refractivity contribution < 1.29 is 9.47 Å². The van der Waals surface area contributed by atoms with Gasteiger partial charge in [-0.25, -0.2) is 0 Å². The summed E-state index contributed by atoms with van der Waals surface area (Å²) in [6.07, 6.45) is 39.0. The van der Waals surface area contributed by atoms with Gasteiger partial charge in [-0.3, -0.25) is 0 Å². The first-order chi connectivity index (χ1) is 23.3. The predicted molar refractivity (Wildman–Crippen MR) is 207 cm³/mol. The Morgan fingerprint density at radius 1 is 0.532 bits per heavy atom. The first-order valence-electron chi connectivity index (χ1n) is 21.0. The number of rotatable bonds is 38. The fraction of sp³-hybridized carbons (Fsp3) is 0.860. The molecule has 1 aromatic carbocycles. The number of nitrogens with one attached hydrogen (secondary N) is 1. The molecule has 0 radical (unpaired) electrons. The minimum absolute atomic E-state index is 0.112. The summed E-state index contributed by atoms with van der Waals surface area (Å²) in [5.41, 5.74) is 8.30. The molecule has 0 amide bonds. The molecule has 0 aliphatic heterocycles. The number of benzene rings is 1. The van der Waals surface area contributed by atoms with Crippen LogP contribution in [0, 0.1) is 0 Å². The lowest BCUT2D eigenvalue weighted by atomic mass is 10.0. The van der Waals surface area contributed by atoms with Crippen molar-refractivity contribution in [1.82, 2.24) is 5.32 Å². The van der Waals surface area contributed by atoms with Gasteiger partial charge in [0.15, 0.2) is 0 Å². The topological polar surface area (TPSA) is 56.5 Å². The molecule has 0 saturated carbocycles. The number of nitrogens with two attached hydrogens (primary N) is 1. The molecule has 0 aliphatic carbocycles. The Bertz CT molecular complexity index is 742. The maximum atomic E-state index is 6.35. The molecule has 0 saturated heterocycles. The van der Waals surface area contributed by atoms with Crippen molar-refractivity contribution in [3.63, 3.8) is 0 Å². The van der Waals surface area contributed by atoms with Gasteiger partial charge in [0, 0.05) is 32.8 Å². The second-order valence-electron chi connectivity index (χ2n) is 14.4. The number of unbranched alkanes of at least 4 members (excludes halogenated alkanes) is 26. The first-order valence-corrected chi connectivity index (χ1v) is 21.0. The zero-order chi connectivity index (χ0) is 33.7. The highest BCUT2D eigenvalue weighted by atomic mass is 16.5. The second kappa shape index (κ2) is 36.3. The maximum absolute atomic E-state index is 6.35. The van der Waals surface area contributed by atoms with Crippen LogP contribution in [0.3, 0.4) is 0 Å². The molecule has 1 aromatic rings. The first kappa shape index (κ1) is 44.1. The van der Waals surface area contributed by atoms with Crippen LogP contribution in [-0.4, -0.2) is 32.5 Å². The van der Waals surface area contributed by atoms with Gasteiger partial charge in [0.25, 0.3) is 0 Å². The summed E-state index contributed by atoms with van der Waals surface area (Å²) >= 11 is 0. The molecular formula is C43H82N2O2. The molecule has 4 nitrogen and oxygen atoms in total. The Hall–Kier alpha value is -0.940. The lowest BCUT2D eigenvalue weighted by Gasteiger charge is -2.19. The van der Waals surface area contributed by atoms with Gasteiger partial charge in [0.1, 0.15) is 0 Å². The Labute approximate surface area is 294 Å². The summed E-state index contributed by atoms with van der Waals surface area (Å²) < 4.78 is 12.5. The molecule has 47 heavy (non-hydrogen) atoms. The quantitative estimate of drug-likeness (QED) is 0.0694. The molecule has 4 heteroatoms. The normalized spacial score (nSPS) is 12.2. The smallest absolute Gasteiger partial charge is 0.0932 e. The standard InChI is InChI=1S/C43H82N2O2/c1-3-5-7-9-11-13-15-17-19-21-23-25-27-29-34-46-40-43(39-45-38-42-33-31-32-41(36-42)37-44)47-35-30-28-26-24-22-20-18-16-14-12-10-8-6-4-2/h31-33,36,43,45H,3-30,34-35,37-40,44H2,1-2H3. The van der Waals surface area contributed by atoms with Crippen LogP contribution >= 0.6 is 0 Å². The van der Waals surface area contributed by atoms with Crippen LogP contribution in [0.4, 0.5) is 0 Å². The molecule has 0 bridgehead atoms. The van der Waals surface area contributed by atoms with Gasteiger partial charge in [-0.2, -0.15) is 0 Å². The van der Waals surface area contributed by atoms with Gasteiger partial charge in [0.05, 0.1) is 12.7 Å². The lowest BCUT2D eigenvalue weighted by molar-refractivity contribution is -0.0177. The van der Waals surface area contributed by atoms with Crippen LogP contribution in [0.5, 0.6) is 0 Å². The van der Waals surface area contributed by atoms with E-state index in [0.717, 1.165) is 32.7 Å². The molecule has 1 rings (SSSR count). The molecule has 276 valence electrons. The second-order valence-corrected chi connectivity index (χ2v) is 14.4. The number of hydrogen-bond acceptors (Lipinski definition) is 4. The third-order valence-electron chi connectivity index (χ3n) is 9.73. The summed E-state index contributed by atoms with van der Waals surface area (Å²) in [5, 5.41) is 3.61. The average molecular weight is 659 g/mol. The monoisotopic (exact) mass is 659 g/mol. The summed E-state index contributed by atoms with van der Waals surface area (Å²) in [6, 6.07) is 8.56. The number of ether oxygens (including phenoxy) is 2. The van der Waals surface area contributed by atoms with Gasteiger partial charge in [-0.05, 0) is 24.0 Å². The van der Waals surface area contributed by atoms with Gasteiger partial charge in [-0.1, -0.05) is 205 Å². The fourth-order valence-corrected chi connectivity index (χ4v) is 6.57. The number of hydrogen-bond donors (Lipinski definition) is 2. The van der Waals surface area contributed by atoms with E-state index in [4.69, 9.17) is 15.2 Å². The van der Waals surface area contributed by atoms with Crippen molar-refractivity contribution in [1.29, 1.82) is 0 Å². The molecule has 3 N–H and O–H groups in total. The van der Waals surface area contributed by atoms with Crippen LogP contribution < -0.4 is 11.1 Å². The molecule has 0 heterocycles. The van der Waals surface area contributed by atoms with E-state index in [1.807, 2.05) is 0 Å². The Morgan fingerprint density at radius 3 is 1.38 bits per heavy atom.